The van der Waals surface area contributed by atoms with Crippen LogP contribution in [0.2, 0.25) is 0 Å². The molecule has 0 fully saturated rings. The zero-order valence-corrected chi connectivity index (χ0v) is 8.01. The van der Waals surface area contributed by atoms with Gasteiger partial charge in [-0.2, -0.15) is 8.42 Å². The van der Waals surface area contributed by atoms with Gasteiger partial charge in [0.2, 0.25) is 0 Å². The Balaban J connectivity index is 4.34. The minimum Gasteiger partial charge on any atom is -0.293 e. The molecule has 0 saturated heterocycles. The van der Waals surface area contributed by atoms with Gasteiger partial charge in [-0.05, 0) is 13.8 Å². The van der Waals surface area contributed by atoms with Crippen molar-refractivity contribution in [3.63, 3.8) is 0 Å². The lowest BCUT2D eigenvalue weighted by atomic mass is 10.3. The maximum absolute atomic E-state index is 10.7. The second kappa shape index (κ2) is 4.20. The van der Waals surface area contributed by atoms with E-state index < -0.39 is 10.1 Å². The number of Topliss-reactive ketones (excluding diaryl/α,β-unsaturated/α-hetero) is 1. The van der Waals surface area contributed by atoms with Crippen LogP contribution in [0.3, 0.4) is 0 Å². The Hall–Kier alpha value is -0.910. The fourth-order valence-corrected chi connectivity index (χ4v) is 0.560. The van der Waals surface area contributed by atoms with E-state index in [1.54, 1.807) is 0 Å². The van der Waals surface area contributed by atoms with Crippen LogP contribution >= 0.6 is 0 Å². The van der Waals surface area contributed by atoms with Crippen LogP contribution in [0.15, 0.2) is 5.16 Å². The van der Waals surface area contributed by atoms with Crippen LogP contribution in [0.4, 0.5) is 0 Å². The van der Waals surface area contributed by atoms with Crippen LogP contribution in [0, 0.1) is 0 Å². The van der Waals surface area contributed by atoms with Crippen molar-refractivity contribution >= 4 is 21.6 Å². The molecule has 0 radical (unpaired) electrons. The molecule has 0 rings (SSSR count). The smallest absolute Gasteiger partial charge is 0.293 e. The molecule has 0 saturated carbocycles. The topological polar surface area (TPSA) is 72.8 Å². The summed E-state index contributed by atoms with van der Waals surface area (Å²) in [4.78, 5) is 10.5. The highest BCUT2D eigenvalue weighted by Crippen LogP contribution is 1.94. The van der Waals surface area contributed by atoms with Crippen LogP contribution < -0.4 is 0 Å². The average molecular weight is 193 g/mol. The Morgan fingerprint density at radius 3 is 2.25 bits per heavy atom. The van der Waals surface area contributed by atoms with E-state index in [1.807, 2.05) is 0 Å². The second-order valence-corrected chi connectivity index (χ2v) is 4.00. The molecule has 0 aromatic rings. The van der Waals surface area contributed by atoms with Crippen molar-refractivity contribution in [2.45, 2.75) is 20.8 Å². The second-order valence-electron chi connectivity index (χ2n) is 2.15. The zero-order valence-electron chi connectivity index (χ0n) is 7.20. The molecule has 0 aliphatic rings. The molecule has 0 N–H and O–H groups in total. The summed E-state index contributed by atoms with van der Waals surface area (Å²) in [5, 5.41) is 3.15. The van der Waals surface area contributed by atoms with Gasteiger partial charge >= 0.3 is 10.1 Å². The fraction of sp³-hybridized carbons (Fsp3) is 0.667. The number of hydrogen-bond donors (Lipinski definition) is 0. The third kappa shape index (κ3) is 4.07. The number of oxime groups is 1. The first kappa shape index (κ1) is 11.1. The van der Waals surface area contributed by atoms with Gasteiger partial charge in [-0.25, -0.2) is 0 Å². The van der Waals surface area contributed by atoms with Gasteiger partial charge in [0.15, 0.2) is 5.78 Å². The number of nitrogens with zero attached hydrogens (tertiary/aromatic N) is 1. The van der Waals surface area contributed by atoms with E-state index in [0.717, 1.165) is 0 Å². The molecule has 0 aliphatic heterocycles. The van der Waals surface area contributed by atoms with Crippen LogP contribution in [-0.2, 0) is 19.2 Å². The average Bonchev–Trinajstić information content (AvgIpc) is 2.00. The van der Waals surface area contributed by atoms with Crippen molar-refractivity contribution < 1.29 is 17.5 Å². The standard InChI is InChI=1S/C6H11NO4S/c1-4-12(9,10)11-7-5(2)6(3)8/h4H2,1-3H3/b7-5-. The predicted molar refractivity (Wildman–Crippen MR) is 44.3 cm³/mol. The molecule has 0 bridgehead atoms. The van der Waals surface area contributed by atoms with E-state index >= 15 is 0 Å². The number of carbonyl (C=O) groups is 1. The number of hydrogen-bond acceptors (Lipinski definition) is 5. The number of rotatable bonds is 4. The van der Waals surface area contributed by atoms with Crippen LogP contribution in [0.25, 0.3) is 0 Å². The lowest BCUT2D eigenvalue weighted by molar-refractivity contribution is -0.111. The Morgan fingerprint density at radius 1 is 1.42 bits per heavy atom. The maximum Gasteiger partial charge on any atom is 0.328 e. The van der Waals surface area contributed by atoms with E-state index in [1.165, 1.54) is 20.8 Å². The first-order valence-electron chi connectivity index (χ1n) is 3.36. The number of carbonyl (C=O) groups excluding carboxylic acids is 1. The maximum atomic E-state index is 10.7. The quantitative estimate of drug-likeness (QED) is 0.476. The molecule has 0 aromatic heterocycles. The van der Waals surface area contributed by atoms with Gasteiger partial charge in [0.05, 0.1) is 5.75 Å². The van der Waals surface area contributed by atoms with E-state index in [-0.39, 0.29) is 17.2 Å². The predicted octanol–water partition coefficient (Wildman–Crippen LogP) is 0.318. The fourth-order valence-electron chi connectivity index (χ4n) is 0.230. The molecule has 0 heterocycles. The van der Waals surface area contributed by atoms with Crippen molar-refractivity contribution in [2.24, 2.45) is 5.16 Å². The van der Waals surface area contributed by atoms with Gasteiger partial charge in [-0.1, -0.05) is 5.16 Å². The molecule has 0 aromatic carbocycles. The Morgan fingerprint density at radius 2 is 1.92 bits per heavy atom. The lowest BCUT2D eigenvalue weighted by Crippen LogP contribution is -2.09. The van der Waals surface area contributed by atoms with E-state index in [4.69, 9.17) is 0 Å². The van der Waals surface area contributed by atoms with Gasteiger partial charge in [0.25, 0.3) is 0 Å². The van der Waals surface area contributed by atoms with Crippen molar-refractivity contribution in [2.75, 3.05) is 5.75 Å². The van der Waals surface area contributed by atoms with Crippen LogP contribution in [0.1, 0.15) is 20.8 Å². The van der Waals surface area contributed by atoms with Crippen molar-refractivity contribution in [3.8, 4) is 0 Å². The minimum absolute atomic E-state index is 0.0343. The Bertz CT molecular complexity index is 291. The van der Waals surface area contributed by atoms with Crippen molar-refractivity contribution in [1.82, 2.24) is 0 Å². The van der Waals surface area contributed by atoms with Crippen molar-refractivity contribution in [3.05, 3.63) is 0 Å². The summed E-state index contributed by atoms with van der Waals surface area (Å²) in [7, 11) is -3.59. The van der Waals surface area contributed by atoms with Crippen molar-refractivity contribution in [1.29, 1.82) is 0 Å². The first-order chi connectivity index (χ1) is 5.39. The summed E-state index contributed by atoms with van der Waals surface area (Å²) in [5.74, 6) is -0.483. The molecule has 12 heavy (non-hydrogen) atoms. The summed E-state index contributed by atoms with van der Waals surface area (Å²) >= 11 is 0. The molecule has 6 heteroatoms. The normalized spacial score (nSPS) is 12.8. The number of ketones is 1. The van der Waals surface area contributed by atoms with Gasteiger partial charge in [0.1, 0.15) is 5.71 Å². The summed E-state index contributed by atoms with van der Waals surface area (Å²) in [5.41, 5.74) is 0.0343. The zero-order chi connectivity index (χ0) is 9.78. The van der Waals surface area contributed by atoms with Crippen LogP contribution in [0.5, 0.6) is 0 Å². The highest BCUT2D eigenvalue weighted by atomic mass is 32.2. The molecule has 0 aliphatic carbocycles. The largest absolute Gasteiger partial charge is 0.328 e. The molecule has 0 unspecified atom stereocenters. The molecule has 0 atom stereocenters. The SMILES string of the molecule is CCS(=O)(=O)O/N=C(/C)C(C)=O. The third-order valence-electron chi connectivity index (χ3n) is 1.15. The van der Waals surface area contributed by atoms with Gasteiger partial charge < -0.3 is 0 Å². The highest BCUT2D eigenvalue weighted by Gasteiger charge is 2.07. The summed E-state index contributed by atoms with van der Waals surface area (Å²) < 4.78 is 25.5. The highest BCUT2D eigenvalue weighted by molar-refractivity contribution is 7.86. The first-order valence-corrected chi connectivity index (χ1v) is 4.93. The van der Waals surface area contributed by atoms with Gasteiger partial charge in [0, 0.05) is 6.92 Å². The van der Waals surface area contributed by atoms with E-state index in [9.17, 15) is 13.2 Å². The van der Waals surface area contributed by atoms with Crippen LogP contribution in [-0.4, -0.2) is 25.7 Å². The molecule has 70 valence electrons. The molecular formula is C6H11NO4S. The monoisotopic (exact) mass is 193 g/mol. The van der Waals surface area contributed by atoms with Gasteiger partial charge in [-0.3, -0.25) is 9.08 Å². The molecule has 0 amide bonds. The Labute approximate surface area is 71.5 Å². The summed E-state index contributed by atoms with van der Waals surface area (Å²) in [6, 6.07) is 0. The Kier molecular flexibility index (Phi) is 3.88. The lowest BCUT2D eigenvalue weighted by Gasteiger charge is -1.97. The van der Waals surface area contributed by atoms with E-state index in [0.29, 0.717) is 0 Å². The summed E-state index contributed by atoms with van der Waals surface area (Å²) in [6.45, 7) is 4.09. The van der Waals surface area contributed by atoms with E-state index in [2.05, 4.69) is 9.44 Å². The third-order valence-corrected chi connectivity index (χ3v) is 2.16. The van der Waals surface area contributed by atoms with Gasteiger partial charge in [-0.15, -0.1) is 0 Å². The molecule has 0 spiro atoms. The minimum atomic E-state index is -3.59. The molecule has 5 nitrogen and oxygen atoms in total. The summed E-state index contributed by atoms with van der Waals surface area (Å²) in [6.07, 6.45) is 0. The molecular weight excluding hydrogens is 182 g/mol.